The quantitative estimate of drug-likeness (QED) is 0.933. The lowest BCUT2D eigenvalue weighted by atomic mass is 10.2. The van der Waals surface area contributed by atoms with Crippen LogP contribution in [0.15, 0.2) is 42.7 Å². The number of hydrogen-bond acceptors (Lipinski definition) is 4. The van der Waals surface area contributed by atoms with E-state index < -0.39 is 0 Å². The van der Waals surface area contributed by atoms with E-state index in [1.54, 1.807) is 29.1 Å². The minimum Gasteiger partial charge on any atom is -0.354 e. The lowest BCUT2D eigenvalue weighted by Crippen LogP contribution is -2.50. The van der Waals surface area contributed by atoms with Crippen LogP contribution in [0.4, 0.5) is 11.4 Å². The van der Waals surface area contributed by atoms with E-state index in [1.165, 1.54) is 0 Å². The van der Waals surface area contributed by atoms with Crippen molar-refractivity contribution in [3.63, 3.8) is 0 Å². The number of carbonyl (C=O) groups excluding carboxylic acids is 2. The molecule has 0 spiro atoms. The van der Waals surface area contributed by atoms with Crippen molar-refractivity contribution in [2.45, 2.75) is 13.8 Å². The van der Waals surface area contributed by atoms with E-state index in [9.17, 15) is 9.59 Å². The third-order valence-electron chi connectivity index (χ3n) is 4.30. The zero-order chi connectivity index (χ0) is 17.8. The van der Waals surface area contributed by atoms with Crippen molar-refractivity contribution in [2.75, 3.05) is 31.5 Å². The first-order valence-electron chi connectivity index (χ1n) is 8.36. The summed E-state index contributed by atoms with van der Waals surface area (Å²) in [5, 5.41) is 3.28. The summed E-state index contributed by atoms with van der Waals surface area (Å²) >= 11 is 0. The Labute approximate surface area is 147 Å². The third-order valence-corrected chi connectivity index (χ3v) is 4.30. The fourth-order valence-electron chi connectivity index (χ4n) is 2.92. The molecule has 6 heteroatoms. The molecule has 3 rings (SSSR count). The summed E-state index contributed by atoms with van der Waals surface area (Å²) in [7, 11) is 0. The normalized spacial score (nSPS) is 14.3. The van der Waals surface area contributed by atoms with E-state index in [2.05, 4.69) is 10.3 Å². The molecule has 1 aromatic carbocycles. The largest absolute Gasteiger partial charge is 0.354 e. The van der Waals surface area contributed by atoms with Gasteiger partial charge in [0, 0.05) is 45.0 Å². The van der Waals surface area contributed by atoms with Crippen molar-refractivity contribution >= 4 is 23.2 Å². The number of anilines is 2. The number of nitrogens with one attached hydrogen (secondary N) is 1. The summed E-state index contributed by atoms with van der Waals surface area (Å²) in [4.78, 5) is 31.8. The highest BCUT2D eigenvalue weighted by molar-refractivity contribution is 5.95. The Hall–Kier alpha value is -2.89. The maximum absolute atomic E-state index is 12.7. The van der Waals surface area contributed by atoms with Crippen LogP contribution < -0.4 is 5.32 Å². The van der Waals surface area contributed by atoms with Gasteiger partial charge in [0.15, 0.2) is 0 Å². The molecule has 130 valence electrons. The molecule has 2 heterocycles. The van der Waals surface area contributed by atoms with Gasteiger partial charge in [-0.25, -0.2) is 0 Å². The molecule has 0 unspecified atom stereocenters. The number of benzene rings is 1. The maximum atomic E-state index is 12.7. The van der Waals surface area contributed by atoms with Gasteiger partial charge in [-0.05, 0) is 30.7 Å². The topological polar surface area (TPSA) is 65.5 Å². The van der Waals surface area contributed by atoms with Gasteiger partial charge >= 0.3 is 0 Å². The molecule has 0 radical (unpaired) electrons. The summed E-state index contributed by atoms with van der Waals surface area (Å²) in [6.07, 6.45) is 3.29. The smallest absolute Gasteiger partial charge is 0.255 e. The summed E-state index contributed by atoms with van der Waals surface area (Å²) < 4.78 is 0. The fourth-order valence-corrected chi connectivity index (χ4v) is 2.92. The summed E-state index contributed by atoms with van der Waals surface area (Å²) in [6, 6.07) is 9.84. The van der Waals surface area contributed by atoms with E-state index in [1.807, 2.05) is 37.3 Å². The summed E-state index contributed by atoms with van der Waals surface area (Å²) in [5.74, 6) is 0.00159. The van der Waals surface area contributed by atoms with Gasteiger partial charge in [0.2, 0.25) is 5.91 Å². The number of aryl methyl sites for hydroxylation is 1. The maximum Gasteiger partial charge on any atom is 0.255 e. The first-order valence-corrected chi connectivity index (χ1v) is 8.36. The highest BCUT2D eigenvalue weighted by atomic mass is 16.2. The Morgan fingerprint density at radius 3 is 2.40 bits per heavy atom. The van der Waals surface area contributed by atoms with Crippen LogP contribution in [-0.4, -0.2) is 52.8 Å². The Morgan fingerprint density at radius 2 is 1.72 bits per heavy atom. The van der Waals surface area contributed by atoms with Crippen LogP contribution in [0, 0.1) is 6.92 Å². The van der Waals surface area contributed by atoms with Crippen LogP contribution >= 0.6 is 0 Å². The predicted molar refractivity (Wildman–Crippen MR) is 96.9 cm³/mol. The molecule has 1 saturated heterocycles. The molecule has 1 aliphatic heterocycles. The molecular weight excluding hydrogens is 316 g/mol. The predicted octanol–water partition coefficient (Wildman–Crippen LogP) is 2.44. The highest BCUT2D eigenvalue weighted by Gasteiger charge is 2.23. The van der Waals surface area contributed by atoms with Crippen molar-refractivity contribution < 1.29 is 9.59 Å². The van der Waals surface area contributed by atoms with Crippen molar-refractivity contribution in [2.24, 2.45) is 0 Å². The van der Waals surface area contributed by atoms with Gasteiger partial charge in [0.25, 0.3) is 5.91 Å². The molecule has 1 N–H and O–H groups in total. The van der Waals surface area contributed by atoms with Gasteiger partial charge in [-0.2, -0.15) is 0 Å². The monoisotopic (exact) mass is 338 g/mol. The number of rotatable bonds is 3. The molecule has 6 nitrogen and oxygen atoms in total. The van der Waals surface area contributed by atoms with Gasteiger partial charge in [-0.15, -0.1) is 0 Å². The van der Waals surface area contributed by atoms with Crippen molar-refractivity contribution in [3.8, 4) is 0 Å². The molecule has 25 heavy (non-hydrogen) atoms. The molecule has 0 aliphatic carbocycles. The average Bonchev–Trinajstić information content (AvgIpc) is 2.61. The molecule has 0 saturated carbocycles. The van der Waals surface area contributed by atoms with Crippen molar-refractivity contribution in [1.82, 2.24) is 14.8 Å². The molecule has 1 fully saturated rings. The molecule has 1 aliphatic rings. The molecule has 1 aromatic heterocycles. The van der Waals surface area contributed by atoms with Gasteiger partial charge in [-0.3, -0.25) is 14.6 Å². The molecule has 2 aromatic rings. The number of pyridine rings is 1. The summed E-state index contributed by atoms with van der Waals surface area (Å²) in [6.45, 7) is 5.85. The molecular formula is C19H22N4O2. The minimum atomic E-state index is -0.0522. The number of amides is 2. The lowest BCUT2D eigenvalue weighted by molar-refractivity contribution is -0.130. The van der Waals surface area contributed by atoms with Gasteiger partial charge < -0.3 is 15.1 Å². The Morgan fingerprint density at radius 1 is 1.00 bits per heavy atom. The average molecular weight is 338 g/mol. The fraction of sp³-hybridized carbons (Fsp3) is 0.316. The minimum absolute atomic E-state index is 0.0522. The SMILES string of the molecule is CC(=O)N1CCN(C(=O)c2cncc(Nc3cccc(C)c3)c2)CC1. The number of aromatic nitrogens is 1. The highest BCUT2D eigenvalue weighted by Crippen LogP contribution is 2.19. The first-order chi connectivity index (χ1) is 12.0. The van der Waals surface area contributed by atoms with Crippen LogP contribution in [0.3, 0.4) is 0 Å². The standard InChI is InChI=1S/C19H22N4O2/c1-14-4-3-5-17(10-14)21-18-11-16(12-20-13-18)19(25)23-8-6-22(7-9-23)15(2)24/h3-5,10-13,21H,6-9H2,1-2H3. The van der Waals surface area contributed by atoms with Crippen LogP contribution in [-0.2, 0) is 4.79 Å². The van der Waals surface area contributed by atoms with Crippen LogP contribution in [0.2, 0.25) is 0 Å². The van der Waals surface area contributed by atoms with E-state index in [0.717, 1.165) is 16.9 Å². The van der Waals surface area contributed by atoms with E-state index in [-0.39, 0.29) is 11.8 Å². The Kier molecular flexibility index (Phi) is 4.97. The van der Waals surface area contributed by atoms with Crippen LogP contribution in [0.25, 0.3) is 0 Å². The van der Waals surface area contributed by atoms with Crippen molar-refractivity contribution in [1.29, 1.82) is 0 Å². The lowest BCUT2D eigenvalue weighted by Gasteiger charge is -2.34. The first kappa shape index (κ1) is 17.0. The molecule has 2 amide bonds. The van der Waals surface area contributed by atoms with Crippen LogP contribution in [0.5, 0.6) is 0 Å². The number of hydrogen-bond donors (Lipinski definition) is 1. The number of carbonyl (C=O) groups is 2. The van der Waals surface area contributed by atoms with Gasteiger partial charge in [0.1, 0.15) is 0 Å². The zero-order valence-corrected chi connectivity index (χ0v) is 14.5. The van der Waals surface area contributed by atoms with Gasteiger partial charge in [-0.1, -0.05) is 12.1 Å². The number of piperazine rings is 1. The Bertz CT molecular complexity index is 782. The third kappa shape index (κ3) is 4.15. The van der Waals surface area contributed by atoms with Crippen molar-refractivity contribution in [3.05, 3.63) is 53.9 Å². The second-order valence-electron chi connectivity index (χ2n) is 6.26. The molecule has 0 atom stereocenters. The molecule has 0 bridgehead atoms. The van der Waals surface area contributed by atoms with E-state index in [0.29, 0.717) is 31.7 Å². The zero-order valence-electron chi connectivity index (χ0n) is 14.5. The van der Waals surface area contributed by atoms with E-state index >= 15 is 0 Å². The second-order valence-corrected chi connectivity index (χ2v) is 6.26. The Balaban J connectivity index is 1.69. The van der Waals surface area contributed by atoms with Gasteiger partial charge in [0.05, 0.1) is 17.4 Å². The number of nitrogens with zero attached hydrogens (tertiary/aromatic N) is 3. The van der Waals surface area contributed by atoms with Crippen LogP contribution in [0.1, 0.15) is 22.8 Å². The summed E-state index contributed by atoms with van der Waals surface area (Å²) in [5.41, 5.74) is 3.45. The van der Waals surface area contributed by atoms with E-state index in [4.69, 9.17) is 0 Å². The second kappa shape index (κ2) is 7.34.